The smallest absolute Gasteiger partial charge is 0.246 e. The highest BCUT2D eigenvalue weighted by Gasteiger charge is 2.20. The van der Waals surface area contributed by atoms with Crippen LogP contribution in [0.3, 0.4) is 0 Å². The zero-order valence-corrected chi connectivity index (χ0v) is 12.0. The van der Waals surface area contributed by atoms with Gasteiger partial charge >= 0.3 is 0 Å². The molecule has 2 unspecified atom stereocenters. The quantitative estimate of drug-likeness (QED) is 0.575. The van der Waals surface area contributed by atoms with Crippen LogP contribution in [0.2, 0.25) is 0 Å². The standard InChI is InChI=1S/C12H22BrNO3/c1-16-5-6-17-9-12(15)14-8-10-3-2-4-11(13)7-10/h10-11H,2-9H2,1H3,(H,14,15). The summed E-state index contributed by atoms with van der Waals surface area (Å²) in [5, 5.41) is 2.92. The van der Waals surface area contributed by atoms with Gasteiger partial charge in [0.25, 0.3) is 0 Å². The molecule has 5 heteroatoms. The van der Waals surface area contributed by atoms with E-state index < -0.39 is 0 Å². The van der Waals surface area contributed by atoms with Crippen LogP contribution in [0, 0.1) is 5.92 Å². The lowest BCUT2D eigenvalue weighted by atomic mass is 9.89. The molecule has 1 aliphatic rings. The van der Waals surface area contributed by atoms with E-state index in [0.717, 1.165) is 13.0 Å². The minimum absolute atomic E-state index is 0.0298. The molecule has 0 aliphatic heterocycles. The van der Waals surface area contributed by atoms with Gasteiger partial charge < -0.3 is 14.8 Å². The third-order valence-corrected chi connectivity index (χ3v) is 3.80. The van der Waals surface area contributed by atoms with Gasteiger partial charge in [-0.05, 0) is 25.2 Å². The van der Waals surface area contributed by atoms with Crippen molar-refractivity contribution in [1.82, 2.24) is 5.32 Å². The molecule has 2 atom stereocenters. The third-order valence-electron chi connectivity index (χ3n) is 2.97. The van der Waals surface area contributed by atoms with Gasteiger partial charge in [-0.25, -0.2) is 0 Å². The number of carbonyl (C=O) groups is 1. The van der Waals surface area contributed by atoms with Crippen LogP contribution in [0.5, 0.6) is 0 Å². The Balaban J connectivity index is 2.02. The van der Waals surface area contributed by atoms with Crippen molar-refractivity contribution in [1.29, 1.82) is 0 Å². The van der Waals surface area contributed by atoms with Crippen LogP contribution in [-0.4, -0.2) is 44.2 Å². The van der Waals surface area contributed by atoms with Gasteiger partial charge in [0.1, 0.15) is 6.61 Å². The fourth-order valence-electron chi connectivity index (χ4n) is 2.03. The maximum atomic E-state index is 11.4. The molecule has 1 aliphatic carbocycles. The fourth-order valence-corrected chi connectivity index (χ4v) is 2.88. The predicted molar refractivity (Wildman–Crippen MR) is 70.4 cm³/mol. The zero-order valence-electron chi connectivity index (χ0n) is 10.4. The minimum atomic E-state index is -0.0298. The summed E-state index contributed by atoms with van der Waals surface area (Å²) in [5.74, 6) is 0.578. The summed E-state index contributed by atoms with van der Waals surface area (Å²) in [7, 11) is 1.61. The number of halogens is 1. The van der Waals surface area contributed by atoms with Gasteiger partial charge in [-0.15, -0.1) is 0 Å². The SMILES string of the molecule is COCCOCC(=O)NCC1CCCC(Br)C1. The van der Waals surface area contributed by atoms with E-state index in [0.29, 0.717) is 24.0 Å². The van der Waals surface area contributed by atoms with Crippen molar-refractivity contribution >= 4 is 21.8 Å². The largest absolute Gasteiger partial charge is 0.382 e. The highest BCUT2D eigenvalue weighted by Crippen LogP contribution is 2.28. The summed E-state index contributed by atoms with van der Waals surface area (Å²) in [6.45, 7) is 1.90. The Morgan fingerprint density at radius 2 is 2.24 bits per heavy atom. The lowest BCUT2D eigenvalue weighted by molar-refractivity contribution is -0.126. The second-order valence-electron chi connectivity index (χ2n) is 4.48. The van der Waals surface area contributed by atoms with Gasteiger partial charge in [0.2, 0.25) is 5.91 Å². The first-order valence-corrected chi connectivity index (χ1v) is 7.11. The Morgan fingerprint density at radius 1 is 1.41 bits per heavy atom. The first kappa shape index (κ1) is 14.9. The Labute approximate surface area is 112 Å². The van der Waals surface area contributed by atoms with Gasteiger partial charge in [-0.3, -0.25) is 4.79 Å². The number of methoxy groups -OCH3 is 1. The lowest BCUT2D eigenvalue weighted by Gasteiger charge is -2.25. The zero-order chi connectivity index (χ0) is 12.5. The summed E-state index contributed by atoms with van der Waals surface area (Å²) < 4.78 is 9.98. The molecule has 0 aromatic carbocycles. The summed E-state index contributed by atoms with van der Waals surface area (Å²) in [6.07, 6.45) is 4.88. The molecule has 100 valence electrons. The molecule has 1 fully saturated rings. The first-order chi connectivity index (χ1) is 8.22. The Kier molecular flexibility index (Phi) is 7.81. The molecule has 0 aromatic heterocycles. The van der Waals surface area contributed by atoms with Crippen LogP contribution >= 0.6 is 15.9 Å². The van der Waals surface area contributed by atoms with Crippen LogP contribution in [-0.2, 0) is 14.3 Å². The molecular weight excluding hydrogens is 286 g/mol. The molecular formula is C12H22BrNO3. The number of hydrogen-bond donors (Lipinski definition) is 1. The molecule has 0 heterocycles. The van der Waals surface area contributed by atoms with Gasteiger partial charge in [0, 0.05) is 18.5 Å². The number of alkyl halides is 1. The average Bonchev–Trinajstić information content (AvgIpc) is 2.32. The fraction of sp³-hybridized carbons (Fsp3) is 0.917. The maximum Gasteiger partial charge on any atom is 0.246 e. The van der Waals surface area contributed by atoms with Crippen LogP contribution in [0.25, 0.3) is 0 Å². The predicted octanol–water partition coefficient (Wildman–Crippen LogP) is 1.72. The summed E-state index contributed by atoms with van der Waals surface area (Å²) in [6, 6.07) is 0. The number of amides is 1. The van der Waals surface area contributed by atoms with Crippen LogP contribution in [0.1, 0.15) is 25.7 Å². The number of ether oxygens (including phenoxy) is 2. The van der Waals surface area contributed by atoms with Gasteiger partial charge in [-0.1, -0.05) is 22.4 Å². The Bertz CT molecular complexity index is 226. The van der Waals surface area contributed by atoms with E-state index in [1.807, 2.05) is 0 Å². The van der Waals surface area contributed by atoms with Crippen molar-refractivity contribution < 1.29 is 14.3 Å². The highest BCUT2D eigenvalue weighted by molar-refractivity contribution is 9.09. The van der Waals surface area contributed by atoms with Crippen molar-refractivity contribution in [2.75, 3.05) is 33.5 Å². The van der Waals surface area contributed by atoms with Gasteiger partial charge in [-0.2, -0.15) is 0 Å². The molecule has 0 aromatic rings. The normalized spacial score (nSPS) is 24.6. The second-order valence-corrected chi connectivity index (χ2v) is 5.77. The van der Waals surface area contributed by atoms with Crippen molar-refractivity contribution in [3.05, 3.63) is 0 Å². The maximum absolute atomic E-state index is 11.4. The Morgan fingerprint density at radius 3 is 2.94 bits per heavy atom. The van der Waals surface area contributed by atoms with E-state index in [1.54, 1.807) is 7.11 Å². The molecule has 1 N–H and O–H groups in total. The van der Waals surface area contributed by atoms with Crippen molar-refractivity contribution in [3.8, 4) is 0 Å². The first-order valence-electron chi connectivity index (χ1n) is 6.19. The van der Waals surface area contributed by atoms with Crippen LogP contribution in [0.15, 0.2) is 0 Å². The van der Waals surface area contributed by atoms with Crippen molar-refractivity contribution in [2.24, 2.45) is 5.92 Å². The lowest BCUT2D eigenvalue weighted by Crippen LogP contribution is -2.34. The molecule has 1 amide bonds. The van der Waals surface area contributed by atoms with E-state index >= 15 is 0 Å². The molecule has 0 radical (unpaired) electrons. The van der Waals surface area contributed by atoms with Gasteiger partial charge in [0.15, 0.2) is 0 Å². The van der Waals surface area contributed by atoms with Crippen LogP contribution < -0.4 is 5.32 Å². The summed E-state index contributed by atoms with van der Waals surface area (Å²) in [5.41, 5.74) is 0. The average molecular weight is 308 g/mol. The molecule has 1 saturated carbocycles. The van der Waals surface area contributed by atoms with E-state index in [4.69, 9.17) is 9.47 Å². The van der Waals surface area contributed by atoms with E-state index in [9.17, 15) is 4.79 Å². The third kappa shape index (κ3) is 7.01. The van der Waals surface area contributed by atoms with E-state index in [-0.39, 0.29) is 12.5 Å². The molecule has 0 bridgehead atoms. The molecule has 4 nitrogen and oxygen atoms in total. The van der Waals surface area contributed by atoms with Gasteiger partial charge in [0.05, 0.1) is 13.2 Å². The highest BCUT2D eigenvalue weighted by atomic mass is 79.9. The number of carbonyl (C=O) groups excluding carboxylic acids is 1. The van der Waals surface area contributed by atoms with Crippen LogP contribution in [0.4, 0.5) is 0 Å². The Hall–Kier alpha value is -0.130. The van der Waals surface area contributed by atoms with Crippen molar-refractivity contribution in [3.63, 3.8) is 0 Å². The monoisotopic (exact) mass is 307 g/mol. The van der Waals surface area contributed by atoms with E-state index in [1.165, 1.54) is 19.3 Å². The molecule has 1 rings (SSSR count). The topological polar surface area (TPSA) is 47.6 Å². The van der Waals surface area contributed by atoms with E-state index in [2.05, 4.69) is 21.2 Å². The molecule has 0 spiro atoms. The number of nitrogens with one attached hydrogen (secondary N) is 1. The second kappa shape index (κ2) is 8.89. The van der Waals surface area contributed by atoms with Crippen molar-refractivity contribution in [2.45, 2.75) is 30.5 Å². The molecule has 17 heavy (non-hydrogen) atoms. The number of rotatable bonds is 7. The molecule has 0 saturated heterocycles. The summed E-state index contributed by atoms with van der Waals surface area (Å²) in [4.78, 5) is 12.1. The summed E-state index contributed by atoms with van der Waals surface area (Å²) >= 11 is 3.64. The minimum Gasteiger partial charge on any atom is -0.382 e. The number of hydrogen-bond acceptors (Lipinski definition) is 3.